The zero-order valence-corrected chi connectivity index (χ0v) is 18.6. The van der Waals surface area contributed by atoms with Crippen LogP contribution in [0.2, 0.25) is 5.02 Å². The highest BCUT2D eigenvalue weighted by Gasteiger charge is 2.15. The van der Waals surface area contributed by atoms with Gasteiger partial charge < -0.3 is 0 Å². The molecule has 0 amide bonds. The van der Waals surface area contributed by atoms with E-state index in [1.807, 2.05) is 34.6 Å². The van der Waals surface area contributed by atoms with Crippen molar-refractivity contribution in [1.82, 2.24) is 14.3 Å². The average molecular weight is 423 g/mol. The topological polar surface area (TPSA) is 52.2 Å². The molecule has 5 nitrogen and oxygen atoms in total. The number of aromatic nitrogens is 3. The molecule has 0 aliphatic rings. The van der Waals surface area contributed by atoms with Crippen molar-refractivity contribution < 1.29 is 0 Å². The molecule has 0 N–H and O–H groups in total. The van der Waals surface area contributed by atoms with Crippen LogP contribution in [0, 0.1) is 0 Å². The Labute approximate surface area is 177 Å². The Morgan fingerprint density at radius 2 is 1.86 bits per heavy atom. The lowest BCUT2D eigenvalue weighted by atomic mass is 10.2. The zero-order valence-electron chi connectivity index (χ0n) is 17.1. The SMILES string of the molecule is C=CC.CC.CCn1nc(/C(C)=C/C=N/C=C/Cl)n(-c2ccc(Cl)cc2)c1=O. The molecular formula is C21H28Cl2N4O. The molecule has 28 heavy (non-hydrogen) atoms. The van der Waals surface area contributed by atoms with Crippen molar-refractivity contribution in [3.8, 4) is 5.69 Å². The predicted molar refractivity (Wildman–Crippen MR) is 123 cm³/mol. The summed E-state index contributed by atoms with van der Waals surface area (Å²) >= 11 is 11.3. The minimum atomic E-state index is -0.199. The fraction of sp³-hybridized carbons (Fsp3) is 0.286. The highest BCUT2D eigenvalue weighted by Crippen LogP contribution is 2.17. The summed E-state index contributed by atoms with van der Waals surface area (Å²) in [5, 5.41) is 5.00. The van der Waals surface area contributed by atoms with Gasteiger partial charge in [0.1, 0.15) is 0 Å². The number of hydrogen-bond donors (Lipinski definition) is 0. The van der Waals surface area contributed by atoms with Crippen LogP contribution in [-0.4, -0.2) is 20.6 Å². The molecule has 7 heteroatoms. The van der Waals surface area contributed by atoms with Gasteiger partial charge in [-0.05, 0) is 56.7 Å². The Hall–Kier alpha value is -2.37. The largest absolute Gasteiger partial charge is 0.350 e. The summed E-state index contributed by atoms with van der Waals surface area (Å²) in [5.41, 5.74) is 2.63. The summed E-state index contributed by atoms with van der Waals surface area (Å²) in [7, 11) is 0. The first-order valence-corrected chi connectivity index (χ1v) is 9.80. The van der Waals surface area contributed by atoms with E-state index < -0.39 is 0 Å². The summed E-state index contributed by atoms with van der Waals surface area (Å²) in [6.07, 6.45) is 6.57. The van der Waals surface area contributed by atoms with E-state index in [-0.39, 0.29) is 5.69 Å². The predicted octanol–water partition coefficient (Wildman–Crippen LogP) is 6.11. The molecule has 0 saturated heterocycles. The molecule has 0 fully saturated rings. The Kier molecular flexibility index (Phi) is 13.4. The van der Waals surface area contributed by atoms with E-state index in [0.29, 0.717) is 23.1 Å². The van der Waals surface area contributed by atoms with Gasteiger partial charge in [0, 0.05) is 29.5 Å². The van der Waals surface area contributed by atoms with Gasteiger partial charge in [0.05, 0.1) is 5.69 Å². The van der Waals surface area contributed by atoms with Crippen molar-refractivity contribution in [3.63, 3.8) is 0 Å². The van der Waals surface area contributed by atoms with E-state index in [1.54, 1.807) is 47.2 Å². The molecule has 1 heterocycles. The molecule has 0 aliphatic carbocycles. The molecular weight excluding hydrogens is 395 g/mol. The van der Waals surface area contributed by atoms with Gasteiger partial charge in [-0.25, -0.2) is 14.0 Å². The molecule has 1 aromatic carbocycles. The van der Waals surface area contributed by atoms with Gasteiger partial charge in [-0.2, -0.15) is 0 Å². The van der Waals surface area contributed by atoms with Gasteiger partial charge in [-0.1, -0.05) is 43.1 Å². The second kappa shape index (κ2) is 14.7. The molecule has 0 spiro atoms. The first kappa shape index (κ1) is 25.6. The smallest absolute Gasteiger partial charge is 0.264 e. The van der Waals surface area contributed by atoms with Crippen LogP contribution in [0.3, 0.4) is 0 Å². The average Bonchev–Trinajstić information content (AvgIpc) is 3.04. The number of rotatable bonds is 5. The van der Waals surface area contributed by atoms with E-state index in [4.69, 9.17) is 23.2 Å². The first-order chi connectivity index (χ1) is 13.5. The molecule has 1 aromatic heterocycles. The molecule has 0 atom stereocenters. The Bertz CT molecular complexity index is 860. The number of hydrogen-bond acceptors (Lipinski definition) is 3. The van der Waals surface area contributed by atoms with Crippen LogP contribution < -0.4 is 5.69 Å². The quantitative estimate of drug-likeness (QED) is 0.430. The fourth-order valence-corrected chi connectivity index (χ4v) is 2.19. The number of aryl methyl sites for hydroxylation is 1. The molecule has 0 bridgehead atoms. The molecule has 2 rings (SSSR count). The van der Waals surface area contributed by atoms with E-state index in [0.717, 1.165) is 5.57 Å². The van der Waals surface area contributed by atoms with Crippen molar-refractivity contribution in [2.75, 3.05) is 0 Å². The summed E-state index contributed by atoms with van der Waals surface area (Å²) in [6.45, 7) is 13.5. The van der Waals surface area contributed by atoms with Crippen LogP contribution in [0.15, 0.2) is 64.5 Å². The Morgan fingerprint density at radius 1 is 1.29 bits per heavy atom. The molecule has 2 aromatic rings. The third kappa shape index (κ3) is 7.71. The minimum Gasteiger partial charge on any atom is -0.264 e. The molecule has 0 saturated carbocycles. The second-order valence-electron chi connectivity index (χ2n) is 5.06. The van der Waals surface area contributed by atoms with Crippen molar-refractivity contribution in [2.45, 2.75) is 41.2 Å². The van der Waals surface area contributed by atoms with Crippen LogP contribution in [0.1, 0.15) is 40.4 Å². The summed E-state index contributed by atoms with van der Waals surface area (Å²) in [6, 6.07) is 7.05. The van der Waals surface area contributed by atoms with Gasteiger partial charge >= 0.3 is 5.69 Å². The van der Waals surface area contributed by atoms with Crippen LogP contribution in [-0.2, 0) is 6.54 Å². The maximum atomic E-state index is 12.5. The normalized spacial score (nSPS) is 11.0. The van der Waals surface area contributed by atoms with Crippen LogP contribution in [0.4, 0.5) is 0 Å². The third-order valence-corrected chi connectivity index (χ3v) is 3.49. The molecule has 152 valence electrons. The second-order valence-corrected chi connectivity index (χ2v) is 5.75. The van der Waals surface area contributed by atoms with E-state index >= 15 is 0 Å². The van der Waals surface area contributed by atoms with E-state index in [2.05, 4.69) is 16.7 Å². The number of aliphatic imine (C=N–C) groups is 1. The van der Waals surface area contributed by atoms with Gasteiger partial charge in [-0.15, -0.1) is 11.7 Å². The highest BCUT2D eigenvalue weighted by molar-refractivity contribution is 6.30. The third-order valence-electron chi connectivity index (χ3n) is 3.13. The standard InChI is InChI=1S/C16H16Cl2N4O.C3H6.C2H6/c1-3-21-16(23)22(14-6-4-13(18)5-7-14)15(20-21)12(2)8-10-19-11-9-17;1-3-2;1-2/h4-11H,3H2,1-2H3;3H,1H2,2H3;1-2H3/b11-9+,12-8+,19-10+;;. The van der Waals surface area contributed by atoms with Gasteiger partial charge in [0.2, 0.25) is 0 Å². The fourth-order valence-electron chi connectivity index (χ4n) is 2.00. The van der Waals surface area contributed by atoms with Crippen molar-refractivity contribution in [2.24, 2.45) is 4.99 Å². The van der Waals surface area contributed by atoms with Crippen LogP contribution in [0.25, 0.3) is 11.3 Å². The molecule has 0 radical (unpaired) electrons. The Balaban J connectivity index is 0.00000133. The highest BCUT2D eigenvalue weighted by atomic mass is 35.5. The number of halogens is 2. The van der Waals surface area contributed by atoms with Gasteiger partial charge in [0.25, 0.3) is 0 Å². The minimum absolute atomic E-state index is 0.199. The Morgan fingerprint density at radius 3 is 2.36 bits per heavy atom. The first-order valence-electron chi connectivity index (χ1n) is 8.98. The monoisotopic (exact) mass is 422 g/mol. The lowest BCUT2D eigenvalue weighted by Crippen LogP contribution is -2.23. The molecule has 0 unspecified atom stereocenters. The number of nitrogens with zero attached hydrogens (tertiary/aromatic N) is 4. The number of benzene rings is 1. The van der Waals surface area contributed by atoms with Gasteiger partial charge in [0.15, 0.2) is 5.82 Å². The maximum absolute atomic E-state index is 12.5. The maximum Gasteiger partial charge on any atom is 0.350 e. The number of allylic oxidation sites excluding steroid dienone is 3. The summed E-state index contributed by atoms with van der Waals surface area (Å²) in [5.74, 6) is 0.556. The van der Waals surface area contributed by atoms with Crippen molar-refractivity contribution in [1.29, 1.82) is 0 Å². The van der Waals surface area contributed by atoms with Crippen molar-refractivity contribution in [3.05, 3.63) is 76.1 Å². The summed E-state index contributed by atoms with van der Waals surface area (Å²) in [4.78, 5) is 16.5. The zero-order chi connectivity index (χ0) is 21.5. The van der Waals surface area contributed by atoms with Crippen LogP contribution in [0.5, 0.6) is 0 Å². The van der Waals surface area contributed by atoms with Crippen LogP contribution >= 0.6 is 23.2 Å². The lowest BCUT2D eigenvalue weighted by molar-refractivity contribution is 0.628. The van der Waals surface area contributed by atoms with Crippen molar-refractivity contribution >= 4 is 35.0 Å². The van der Waals surface area contributed by atoms with E-state index in [9.17, 15) is 4.79 Å². The van der Waals surface area contributed by atoms with Gasteiger partial charge in [-0.3, -0.25) is 4.99 Å². The summed E-state index contributed by atoms with van der Waals surface area (Å²) < 4.78 is 2.97. The molecule has 0 aliphatic heterocycles. The van der Waals surface area contributed by atoms with E-state index in [1.165, 1.54) is 16.4 Å². The lowest BCUT2D eigenvalue weighted by Gasteiger charge is -2.05.